The van der Waals surface area contributed by atoms with Crippen LogP contribution in [-0.2, 0) is 4.74 Å². The van der Waals surface area contributed by atoms with Crippen molar-refractivity contribution >= 4 is 19.7 Å². The zero-order valence-corrected chi connectivity index (χ0v) is 12.3. The number of carbonyl (C=O) groups is 1. The Hall–Kier alpha value is -2.13. The third-order valence-corrected chi connectivity index (χ3v) is 3.06. The van der Waals surface area contributed by atoms with Gasteiger partial charge in [0.15, 0.2) is 0 Å². The Bertz CT molecular complexity index is 579. The van der Waals surface area contributed by atoms with Crippen LogP contribution in [0.15, 0.2) is 18.2 Å². The van der Waals surface area contributed by atoms with E-state index in [0.717, 1.165) is 0 Å². The summed E-state index contributed by atoms with van der Waals surface area (Å²) < 4.78 is 4.53. The van der Waals surface area contributed by atoms with Gasteiger partial charge in [0.1, 0.15) is 13.6 Å². The van der Waals surface area contributed by atoms with Crippen molar-refractivity contribution in [3.8, 4) is 11.5 Å². The molecule has 0 aliphatic rings. The summed E-state index contributed by atoms with van der Waals surface area (Å²) in [5.41, 5.74) is 3.36. The van der Waals surface area contributed by atoms with E-state index in [-0.39, 0.29) is 11.3 Å². The summed E-state index contributed by atoms with van der Waals surface area (Å²) >= 11 is 0. The maximum Gasteiger partial charge on any atom is 0.338 e. The summed E-state index contributed by atoms with van der Waals surface area (Å²) in [5.74, 6) is 2.23. The maximum atomic E-state index is 11.3. The van der Waals surface area contributed by atoms with Crippen LogP contribution in [0.5, 0.6) is 0 Å². The van der Waals surface area contributed by atoms with Crippen molar-refractivity contribution in [2.24, 2.45) is 0 Å². The van der Waals surface area contributed by atoms with Gasteiger partial charge in [-0.2, -0.15) is 0 Å². The minimum absolute atomic E-state index is 0.146. The van der Waals surface area contributed by atoms with Crippen molar-refractivity contribution in [1.29, 1.82) is 0 Å². The van der Waals surface area contributed by atoms with Crippen LogP contribution in [0.25, 0.3) is 0 Å². The molecule has 0 aliphatic heterocycles. The van der Waals surface area contributed by atoms with Gasteiger partial charge in [-0.1, -0.05) is 25.6 Å². The summed E-state index contributed by atoms with van der Waals surface area (Å²) in [6.07, 6.45) is 0. The Morgan fingerprint density at radius 3 is 2.47 bits per heavy atom. The molecule has 0 bridgehead atoms. The molecule has 19 heavy (non-hydrogen) atoms. The molecule has 0 saturated carbocycles. The number of methoxy groups -OCH3 is 1. The molecule has 100 valence electrons. The molecule has 0 saturated heterocycles. The van der Waals surface area contributed by atoms with Gasteiger partial charge < -0.3 is 4.74 Å². The van der Waals surface area contributed by atoms with Gasteiger partial charge in [-0.15, -0.1) is 5.54 Å². The quantitative estimate of drug-likeness (QED) is 0.274. The van der Waals surface area contributed by atoms with E-state index in [1.54, 1.807) is 0 Å². The largest absolute Gasteiger partial charge is 0.465 e. The van der Waals surface area contributed by atoms with Gasteiger partial charge in [-0.05, 0) is 12.1 Å². The first-order valence-electron chi connectivity index (χ1n) is 5.64. The van der Waals surface area contributed by atoms with Gasteiger partial charge in [0, 0.05) is 6.07 Å². The molecule has 0 atom stereocenters. The zero-order chi connectivity index (χ0) is 14.6. The Balaban J connectivity index is 3.30. The maximum absolute atomic E-state index is 11.3. The summed E-state index contributed by atoms with van der Waals surface area (Å²) in [4.78, 5) is 21.8. The molecule has 0 spiro atoms. The predicted molar refractivity (Wildman–Crippen MR) is 74.7 cm³/mol. The minimum Gasteiger partial charge on any atom is -0.465 e. The highest BCUT2D eigenvalue weighted by Crippen LogP contribution is 2.20. The summed E-state index contributed by atoms with van der Waals surface area (Å²) in [7, 11) is -0.386. The van der Waals surface area contributed by atoms with Gasteiger partial charge in [-0.3, -0.25) is 10.1 Å². The van der Waals surface area contributed by atoms with Crippen molar-refractivity contribution in [1.82, 2.24) is 0 Å². The lowest BCUT2D eigenvalue weighted by molar-refractivity contribution is -0.385. The highest BCUT2D eigenvalue weighted by atomic mass is 28.3. The van der Waals surface area contributed by atoms with Crippen LogP contribution in [0.2, 0.25) is 19.6 Å². The number of nitro benzene ring substituents is 1. The zero-order valence-electron chi connectivity index (χ0n) is 11.3. The summed E-state index contributed by atoms with van der Waals surface area (Å²) in [6, 6.07) is 4.16. The average molecular weight is 277 g/mol. The first-order chi connectivity index (χ1) is 8.74. The van der Waals surface area contributed by atoms with Gasteiger partial charge >= 0.3 is 5.97 Å². The Morgan fingerprint density at radius 1 is 1.37 bits per heavy atom. The van der Waals surface area contributed by atoms with Crippen LogP contribution in [0.1, 0.15) is 15.9 Å². The molecule has 0 aliphatic carbocycles. The highest BCUT2D eigenvalue weighted by Gasteiger charge is 2.17. The molecule has 0 heterocycles. The first-order valence-corrected chi connectivity index (χ1v) is 9.14. The van der Waals surface area contributed by atoms with E-state index >= 15 is 0 Å². The molecule has 0 fully saturated rings. The fraction of sp³-hybridized carbons (Fsp3) is 0.308. The molecular weight excluding hydrogens is 262 g/mol. The van der Waals surface area contributed by atoms with Gasteiger partial charge in [0.2, 0.25) is 0 Å². The van der Waals surface area contributed by atoms with Crippen LogP contribution < -0.4 is 0 Å². The topological polar surface area (TPSA) is 69.4 Å². The third kappa shape index (κ3) is 4.23. The molecule has 0 amide bonds. The number of hydrogen-bond acceptors (Lipinski definition) is 4. The molecule has 6 heteroatoms. The number of esters is 1. The molecule has 0 N–H and O–H groups in total. The molecule has 5 nitrogen and oxygen atoms in total. The molecule has 1 aromatic carbocycles. The number of rotatable bonds is 2. The van der Waals surface area contributed by atoms with E-state index in [1.807, 2.05) is 0 Å². The number of nitrogens with zero attached hydrogens (tertiary/aromatic N) is 1. The average Bonchev–Trinajstić information content (AvgIpc) is 2.34. The van der Waals surface area contributed by atoms with Gasteiger partial charge in [0.05, 0.1) is 17.6 Å². The van der Waals surface area contributed by atoms with Crippen molar-refractivity contribution in [3.63, 3.8) is 0 Å². The normalized spacial score (nSPS) is 10.3. The number of hydrogen-bond donors (Lipinski definition) is 0. The molecule has 1 aromatic rings. The Labute approximate surface area is 112 Å². The number of carbonyl (C=O) groups excluding carboxylic acids is 1. The van der Waals surface area contributed by atoms with E-state index in [1.165, 1.54) is 25.3 Å². The SMILES string of the molecule is COC(=O)c1ccc(C#C[Si](C)(C)C)c([N+](=O)[O-])c1. The molecule has 1 rings (SSSR count). The third-order valence-electron chi connectivity index (χ3n) is 2.19. The first kappa shape index (κ1) is 14.9. The van der Waals surface area contributed by atoms with Crippen LogP contribution in [0, 0.1) is 21.6 Å². The van der Waals surface area contributed by atoms with E-state index in [9.17, 15) is 14.9 Å². The van der Waals surface area contributed by atoms with Gasteiger partial charge in [-0.25, -0.2) is 4.79 Å². The summed E-state index contributed by atoms with van der Waals surface area (Å²) in [6.45, 7) is 6.15. The highest BCUT2D eigenvalue weighted by molar-refractivity contribution is 6.83. The van der Waals surface area contributed by atoms with Crippen LogP contribution in [-0.4, -0.2) is 26.1 Å². The van der Waals surface area contributed by atoms with Crippen LogP contribution >= 0.6 is 0 Å². The lowest BCUT2D eigenvalue weighted by Crippen LogP contribution is -2.16. The van der Waals surface area contributed by atoms with Crippen LogP contribution in [0.3, 0.4) is 0 Å². The number of benzene rings is 1. The molecule has 0 unspecified atom stereocenters. The standard InChI is InChI=1S/C13H15NO4Si/c1-18-13(15)11-6-5-10(7-8-19(2,3)4)12(9-11)14(16)17/h5-6,9H,1-4H3. The lowest BCUT2D eigenvalue weighted by atomic mass is 10.1. The second-order valence-electron chi connectivity index (χ2n) is 4.98. The van der Waals surface area contributed by atoms with Crippen molar-refractivity contribution in [2.75, 3.05) is 7.11 Å². The fourth-order valence-corrected chi connectivity index (χ4v) is 1.80. The smallest absolute Gasteiger partial charge is 0.338 e. The number of nitro groups is 1. The van der Waals surface area contributed by atoms with E-state index in [2.05, 4.69) is 35.8 Å². The van der Waals surface area contributed by atoms with Crippen molar-refractivity contribution < 1.29 is 14.5 Å². The van der Waals surface area contributed by atoms with Crippen LogP contribution in [0.4, 0.5) is 5.69 Å². The fourth-order valence-electron chi connectivity index (χ4n) is 1.29. The lowest BCUT2D eigenvalue weighted by Gasteiger charge is -2.04. The Morgan fingerprint density at radius 2 is 2.00 bits per heavy atom. The summed E-state index contributed by atoms with van der Waals surface area (Å²) in [5, 5.41) is 11.0. The number of ether oxygens (including phenoxy) is 1. The predicted octanol–water partition coefficient (Wildman–Crippen LogP) is 2.61. The second kappa shape index (κ2) is 5.67. The minimum atomic E-state index is -1.62. The molecule has 0 radical (unpaired) electrons. The molecule has 0 aromatic heterocycles. The van der Waals surface area contributed by atoms with E-state index in [4.69, 9.17) is 0 Å². The van der Waals surface area contributed by atoms with Crippen molar-refractivity contribution in [2.45, 2.75) is 19.6 Å². The van der Waals surface area contributed by atoms with Crippen molar-refractivity contribution in [3.05, 3.63) is 39.4 Å². The van der Waals surface area contributed by atoms with Gasteiger partial charge in [0.25, 0.3) is 5.69 Å². The van der Waals surface area contributed by atoms with E-state index in [0.29, 0.717) is 5.56 Å². The second-order valence-corrected chi connectivity index (χ2v) is 9.73. The van der Waals surface area contributed by atoms with E-state index < -0.39 is 19.0 Å². The Kier molecular flexibility index (Phi) is 4.46. The monoisotopic (exact) mass is 277 g/mol. The molecular formula is C13H15NO4Si.